The van der Waals surface area contributed by atoms with Gasteiger partial charge in [-0.15, -0.1) is 0 Å². The third-order valence-electron chi connectivity index (χ3n) is 4.35. The first-order chi connectivity index (χ1) is 13.8. The van der Waals surface area contributed by atoms with E-state index in [4.69, 9.17) is 23.2 Å². The van der Waals surface area contributed by atoms with E-state index in [9.17, 15) is 8.42 Å². The van der Waals surface area contributed by atoms with Crippen LogP contribution >= 0.6 is 23.2 Å². The number of hydrogen-bond donors (Lipinski definition) is 1. The van der Waals surface area contributed by atoms with Gasteiger partial charge in [-0.1, -0.05) is 47.0 Å². The number of aromatic nitrogens is 4. The van der Waals surface area contributed by atoms with Gasteiger partial charge in [-0.25, -0.2) is 23.4 Å². The highest BCUT2D eigenvalue weighted by atomic mass is 35.5. The standard InChI is InChI=1S/C19H15Cl2N5O2S/c1-12-5-7-13(8-6-12)29(27,28)25-18-17-19(23-10-22-17)26(11-24-18)9-14-15(20)3-2-4-16(14)21/h2-8,10-11,25H,9H2,1H3. The zero-order valence-corrected chi connectivity index (χ0v) is 17.5. The number of sulfonamides is 1. The van der Waals surface area contributed by atoms with Gasteiger partial charge in [0.1, 0.15) is 6.33 Å². The van der Waals surface area contributed by atoms with Gasteiger partial charge < -0.3 is 4.57 Å². The Morgan fingerprint density at radius 1 is 1.00 bits per heavy atom. The van der Waals surface area contributed by atoms with Crippen molar-refractivity contribution in [2.75, 3.05) is 4.72 Å². The summed E-state index contributed by atoms with van der Waals surface area (Å²) in [7, 11) is -3.82. The van der Waals surface area contributed by atoms with Crippen LogP contribution in [0.2, 0.25) is 10.0 Å². The zero-order valence-electron chi connectivity index (χ0n) is 15.2. The van der Waals surface area contributed by atoms with Crippen LogP contribution in [0.15, 0.2) is 60.0 Å². The SMILES string of the molecule is Cc1ccc(S(=O)(=O)Nc2ncn(Cc3c(Cl)cccc3Cl)c3ncnc2-3)cc1. The molecular formula is C19H15Cl2N5O2S. The molecule has 0 amide bonds. The molecule has 2 aliphatic rings. The monoisotopic (exact) mass is 447 g/mol. The third-order valence-corrected chi connectivity index (χ3v) is 6.42. The molecule has 10 heteroatoms. The Bertz CT molecular complexity index is 1240. The molecule has 7 nitrogen and oxygen atoms in total. The molecule has 0 atom stereocenters. The highest BCUT2D eigenvalue weighted by molar-refractivity contribution is 7.92. The van der Waals surface area contributed by atoms with Gasteiger partial charge in [0.25, 0.3) is 10.0 Å². The summed E-state index contributed by atoms with van der Waals surface area (Å²) in [6.07, 6.45) is 2.82. The first kappa shape index (κ1) is 19.6. The Morgan fingerprint density at radius 2 is 1.69 bits per heavy atom. The second-order valence-corrected chi connectivity index (χ2v) is 8.88. The number of imidazole rings is 1. The molecule has 0 bridgehead atoms. The summed E-state index contributed by atoms with van der Waals surface area (Å²) in [5, 5.41) is 1.03. The van der Waals surface area contributed by atoms with Gasteiger partial charge in [0.15, 0.2) is 17.3 Å². The third kappa shape index (κ3) is 3.91. The normalized spacial score (nSPS) is 11.7. The molecule has 1 N–H and O–H groups in total. The van der Waals surface area contributed by atoms with Crippen molar-refractivity contribution in [3.63, 3.8) is 0 Å². The summed E-state index contributed by atoms with van der Waals surface area (Å²) in [6.45, 7) is 2.20. The van der Waals surface area contributed by atoms with Crippen LogP contribution in [0.1, 0.15) is 11.1 Å². The molecule has 0 radical (unpaired) electrons. The number of fused-ring (bicyclic) bond motifs is 1. The second kappa shape index (κ2) is 7.62. The molecule has 2 aromatic carbocycles. The summed E-state index contributed by atoms with van der Waals surface area (Å²) in [5.74, 6) is 0.553. The Morgan fingerprint density at radius 3 is 2.38 bits per heavy atom. The van der Waals surface area contributed by atoms with Gasteiger partial charge in [-0.3, -0.25) is 4.72 Å². The van der Waals surface area contributed by atoms with Crippen LogP contribution in [0, 0.1) is 6.92 Å². The van der Waals surface area contributed by atoms with Crippen LogP contribution in [0.4, 0.5) is 5.82 Å². The van der Waals surface area contributed by atoms with E-state index in [1.807, 2.05) is 6.92 Å². The van der Waals surface area contributed by atoms with E-state index >= 15 is 0 Å². The molecule has 2 aliphatic heterocycles. The maximum Gasteiger partial charge on any atom is 0.263 e. The lowest BCUT2D eigenvalue weighted by Crippen LogP contribution is -2.17. The maximum atomic E-state index is 12.7. The summed E-state index contributed by atoms with van der Waals surface area (Å²) in [6, 6.07) is 11.8. The maximum absolute atomic E-state index is 12.7. The van der Waals surface area contributed by atoms with Gasteiger partial charge in [-0.2, -0.15) is 0 Å². The number of anilines is 1. The van der Waals surface area contributed by atoms with E-state index in [2.05, 4.69) is 19.7 Å². The van der Waals surface area contributed by atoms with Crippen LogP contribution in [-0.2, 0) is 16.6 Å². The molecule has 0 aliphatic carbocycles. The Hall–Kier alpha value is -2.68. The smallest absolute Gasteiger partial charge is 0.263 e. The highest BCUT2D eigenvalue weighted by Gasteiger charge is 2.23. The molecule has 2 heterocycles. The summed E-state index contributed by atoms with van der Waals surface area (Å²) < 4.78 is 29.6. The van der Waals surface area contributed by atoms with Crippen LogP contribution in [0.3, 0.4) is 0 Å². The molecule has 29 heavy (non-hydrogen) atoms. The minimum absolute atomic E-state index is 0.0968. The summed E-state index contributed by atoms with van der Waals surface area (Å²) in [5.41, 5.74) is 2.00. The molecular weight excluding hydrogens is 433 g/mol. The Labute approximate surface area is 177 Å². The predicted octanol–water partition coefficient (Wildman–Crippen LogP) is 4.24. The van der Waals surface area contributed by atoms with E-state index in [-0.39, 0.29) is 10.7 Å². The minimum atomic E-state index is -3.82. The van der Waals surface area contributed by atoms with Crippen molar-refractivity contribution >= 4 is 39.0 Å². The van der Waals surface area contributed by atoms with Crippen molar-refractivity contribution in [2.45, 2.75) is 18.4 Å². The average Bonchev–Trinajstić information content (AvgIpc) is 3.17. The lowest BCUT2D eigenvalue weighted by atomic mass is 10.2. The molecule has 0 saturated heterocycles. The fraction of sp³-hybridized carbons (Fsp3) is 0.105. The molecule has 0 saturated carbocycles. The van der Waals surface area contributed by atoms with Crippen LogP contribution < -0.4 is 4.72 Å². The van der Waals surface area contributed by atoms with Crippen molar-refractivity contribution in [3.05, 3.63) is 76.3 Å². The van der Waals surface area contributed by atoms with E-state index in [1.54, 1.807) is 34.9 Å². The van der Waals surface area contributed by atoms with E-state index in [0.717, 1.165) is 5.56 Å². The fourth-order valence-electron chi connectivity index (χ4n) is 2.83. The number of nitrogens with one attached hydrogen (secondary N) is 1. The first-order valence-electron chi connectivity index (χ1n) is 8.53. The lowest BCUT2D eigenvalue weighted by molar-refractivity contribution is 0.601. The largest absolute Gasteiger partial charge is 0.310 e. The number of hydrogen-bond acceptors (Lipinski definition) is 5. The highest BCUT2D eigenvalue weighted by Crippen LogP contribution is 2.30. The molecule has 0 fully saturated rings. The first-order valence-corrected chi connectivity index (χ1v) is 10.8. The van der Waals surface area contributed by atoms with Gasteiger partial charge in [0, 0.05) is 15.6 Å². The molecule has 4 rings (SSSR count). The van der Waals surface area contributed by atoms with Crippen molar-refractivity contribution in [1.29, 1.82) is 0 Å². The lowest BCUT2D eigenvalue weighted by Gasteiger charge is -2.15. The fourth-order valence-corrected chi connectivity index (χ4v) is 4.36. The number of rotatable bonds is 5. The molecule has 0 aromatic heterocycles. The van der Waals surface area contributed by atoms with Gasteiger partial charge >= 0.3 is 0 Å². The van der Waals surface area contributed by atoms with E-state index in [0.29, 0.717) is 33.7 Å². The van der Waals surface area contributed by atoms with E-state index in [1.165, 1.54) is 24.8 Å². The van der Waals surface area contributed by atoms with E-state index < -0.39 is 10.0 Å². The van der Waals surface area contributed by atoms with Gasteiger partial charge in [0.05, 0.1) is 17.8 Å². The van der Waals surface area contributed by atoms with Crippen molar-refractivity contribution in [1.82, 2.24) is 19.5 Å². The van der Waals surface area contributed by atoms with Crippen LogP contribution in [-0.4, -0.2) is 27.9 Å². The van der Waals surface area contributed by atoms with Crippen molar-refractivity contribution in [2.24, 2.45) is 0 Å². The molecule has 0 spiro atoms. The van der Waals surface area contributed by atoms with Crippen LogP contribution in [0.25, 0.3) is 11.5 Å². The number of aryl methyl sites for hydroxylation is 1. The summed E-state index contributed by atoms with van der Waals surface area (Å²) >= 11 is 12.5. The molecule has 148 valence electrons. The quantitative estimate of drug-likeness (QED) is 0.493. The predicted molar refractivity (Wildman–Crippen MR) is 112 cm³/mol. The number of benzene rings is 2. The zero-order chi connectivity index (χ0) is 20.6. The van der Waals surface area contributed by atoms with Crippen molar-refractivity contribution < 1.29 is 8.42 Å². The summed E-state index contributed by atoms with van der Waals surface area (Å²) in [4.78, 5) is 12.8. The number of nitrogens with zero attached hydrogens (tertiary/aromatic N) is 4. The Kier molecular flexibility index (Phi) is 5.16. The van der Waals surface area contributed by atoms with Crippen molar-refractivity contribution in [3.8, 4) is 11.5 Å². The van der Waals surface area contributed by atoms with Gasteiger partial charge in [0.2, 0.25) is 0 Å². The second-order valence-electron chi connectivity index (χ2n) is 6.39. The van der Waals surface area contributed by atoms with Gasteiger partial charge in [-0.05, 0) is 31.2 Å². The van der Waals surface area contributed by atoms with Crippen LogP contribution in [0.5, 0.6) is 0 Å². The molecule has 2 aromatic rings. The minimum Gasteiger partial charge on any atom is -0.310 e. The molecule has 0 unspecified atom stereocenters. The number of halogens is 2. The topological polar surface area (TPSA) is 89.8 Å². The Balaban J connectivity index is 1.69. The average molecular weight is 448 g/mol.